The molecule has 0 aromatic heterocycles. The molecule has 2 N–H and O–H groups in total. The summed E-state index contributed by atoms with van der Waals surface area (Å²) in [6, 6.07) is 2.71. The van der Waals surface area contributed by atoms with Gasteiger partial charge in [0.25, 0.3) is 0 Å². The third kappa shape index (κ3) is 2.78. The predicted octanol–water partition coefficient (Wildman–Crippen LogP) is 2.26. The maximum Gasteiger partial charge on any atom is 0.134 e. The zero-order valence-corrected chi connectivity index (χ0v) is 11.3. The van der Waals surface area contributed by atoms with Crippen molar-refractivity contribution in [2.24, 2.45) is 0 Å². The summed E-state index contributed by atoms with van der Waals surface area (Å²) in [6.45, 7) is 5.68. The lowest BCUT2D eigenvalue weighted by atomic mass is 10.0. The molecule has 94 valence electrons. The molecule has 0 bridgehead atoms. The van der Waals surface area contributed by atoms with Crippen molar-refractivity contribution >= 4 is 15.9 Å². The van der Waals surface area contributed by atoms with Crippen molar-refractivity contribution in [2.45, 2.75) is 13.0 Å². The largest absolute Gasteiger partial charge is 0.506 e. The minimum atomic E-state index is -0.327. The van der Waals surface area contributed by atoms with Crippen LogP contribution in [-0.4, -0.2) is 36.2 Å². The second-order valence-corrected chi connectivity index (χ2v) is 5.14. The van der Waals surface area contributed by atoms with Crippen LogP contribution in [0.2, 0.25) is 0 Å². The van der Waals surface area contributed by atoms with Gasteiger partial charge in [-0.25, -0.2) is 4.39 Å². The Balaban J connectivity index is 2.26. The SMILES string of the molecule is C[C@@H](c1cc(F)cc(Br)c1O)N1CCNCC1. The molecule has 17 heavy (non-hydrogen) atoms. The maximum absolute atomic E-state index is 13.4. The number of phenols is 1. The first kappa shape index (κ1) is 12.8. The van der Waals surface area contributed by atoms with E-state index in [9.17, 15) is 9.50 Å². The summed E-state index contributed by atoms with van der Waals surface area (Å²) in [5.74, 6) is -0.191. The third-order valence-corrected chi connectivity index (χ3v) is 3.81. The average Bonchev–Trinajstić information content (AvgIpc) is 2.34. The van der Waals surface area contributed by atoms with Crippen LogP contribution in [0.4, 0.5) is 4.39 Å². The number of halogens is 2. The van der Waals surface area contributed by atoms with Crippen molar-refractivity contribution in [1.82, 2.24) is 10.2 Å². The fourth-order valence-electron chi connectivity index (χ4n) is 2.17. The van der Waals surface area contributed by atoms with E-state index < -0.39 is 0 Å². The van der Waals surface area contributed by atoms with Crippen LogP contribution < -0.4 is 5.32 Å². The lowest BCUT2D eigenvalue weighted by Gasteiger charge is -2.33. The fraction of sp³-hybridized carbons (Fsp3) is 0.500. The molecule has 5 heteroatoms. The molecule has 2 rings (SSSR count). The zero-order chi connectivity index (χ0) is 12.4. The van der Waals surface area contributed by atoms with Gasteiger partial charge < -0.3 is 10.4 Å². The molecule has 1 heterocycles. The zero-order valence-electron chi connectivity index (χ0n) is 9.71. The van der Waals surface area contributed by atoms with Crippen molar-refractivity contribution in [1.29, 1.82) is 0 Å². The van der Waals surface area contributed by atoms with Crippen LogP contribution in [0.15, 0.2) is 16.6 Å². The van der Waals surface area contributed by atoms with Crippen molar-refractivity contribution in [3.8, 4) is 5.75 Å². The quantitative estimate of drug-likeness (QED) is 0.880. The molecule has 3 nitrogen and oxygen atoms in total. The van der Waals surface area contributed by atoms with Crippen molar-refractivity contribution in [2.75, 3.05) is 26.2 Å². The first-order valence-corrected chi connectivity index (χ1v) is 6.51. The Bertz CT molecular complexity index is 408. The monoisotopic (exact) mass is 302 g/mol. The standard InChI is InChI=1S/C12H16BrFN2O/c1-8(16-4-2-15-3-5-16)10-6-9(14)7-11(13)12(10)17/h6-8,15,17H,2-5H2,1H3/t8-/m0/s1. The van der Waals surface area contributed by atoms with Gasteiger partial charge in [0, 0.05) is 37.8 Å². The molecule has 0 saturated carbocycles. The molecule has 1 aliphatic heterocycles. The Kier molecular flexibility index (Phi) is 4.01. The number of nitrogens with zero attached hydrogens (tertiary/aromatic N) is 1. The van der Waals surface area contributed by atoms with E-state index >= 15 is 0 Å². The molecule has 1 aromatic rings. The van der Waals surface area contributed by atoms with E-state index in [1.165, 1.54) is 12.1 Å². The van der Waals surface area contributed by atoms with Crippen LogP contribution in [0.25, 0.3) is 0 Å². The lowest BCUT2D eigenvalue weighted by Crippen LogP contribution is -2.44. The minimum Gasteiger partial charge on any atom is -0.506 e. The summed E-state index contributed by atoms with van der Waals surface area (Å²) in [7, 11) is 0. The molecule has 1 atom stereocenters. The summed E-state index contributed by atoms with van der Waals surface area (Å²) in [4.78, 5) is 2.23. The summed E-state index contributed by atoms with van der Waals surface area (Å²) in [5.41, 5.74) is 0.638. The molecule has 0 unspecified atom stereocenters. The highest BCUT2D eigenvalue weighted by Gasteiger charge is 2.22. The van der Waals surface area contributed by atoms with Crippen molar-refractivity contribution in [3.63, 3.8) is 0 Å². The van der Waals surface area contributed by atoms with Crippen LogP contribution in [-0.2, 0) is 0 Å². The molecule has 1 aromatic carbocycles. The van der Waals surface area contributed by atoms with Crippen LogP contribution in [0.5, 0.6) is 5.75 Å². The van der Waals surface area contributed by atoms with Crippen molar-refractivity contribution < 1.29 is 9.50 Å². The van der Waals surface area contributed by atoms with Gasteiger partial charge in [-0.15, -0.1) is 0 Å². The highest BCUT2D eigenvalue weighted by Crippen LogP contribution is 2.35. The molecule has 1 aliphatic rings. The van der Waals surface area contributed by atoms with Gasteiger partial charge in [-0.2, -0.15) is 0 Å². The van der Waals surface area contributed by atoms with Gasteiger partial charge >= 0.3 is 0 Å². The van der Waals surface area contributed by atoms with Gasteiger partial charge in [0.1, 0.15) is 11.6 Å². The molecule has 0 amide bonds. The summed E-state index contributed by atoms with van der Waals surface area (Å²) in [6.07, 6.45) is 0. The number of aromatic hydroxyl groups is 1. The van der Waals surface area contributed by atoms with Gasteiger partial charge in [0.05, 0.1) is 4.47 Å². The number of phenolic OH excluding ortho intramolecular Hbond substituents is 1. The van der Waals surface area contributed by atoms with Gasteiger partial charge in [-0.3, -0.25) is 4.90 Å². The Labute approximate surface area is 109 Å². The summed E-state index contributed by atoms with van der Waals surface area (Å²) in [5, 5.41) is 13.2. The smallest absolute Gasteiger partial charge is 0.134 e. The first-order valence-electron chi connectivity index (χ1n) is 5.72. The van der Waals surface area contributed by atoms with E-state index in [1.807, 2.05) is 6.92 Å². The molecule has 0 spiro atoms. The third-order valence-electron chi connectivity index (χ3n) is 3.21. The van der Waals surface area contributed by atoms with Gasteiger partial charge in [0.15, 0.2) is 0 Å². The maximum atomic E-state index is 13.4. The number of piperazine rings is 1. The highest BCUT2D eigenvalue weighted by molar-refractivity contribution is 9.10. The Morgan fingerprint density at radius 1 is 1.41 bits per heavy atom. The van der Waals surface area contributed by atoms with Gasteiger partial charge in [-0.05, 0) is 35.0 Å². The first-order chi connectivity index (χ1) is 8.09. The summed E-state index contributed by atoms with van der Waals surface area (Å²) < 4.78 is 13.8. The Morgan fingerprint density at radius 3 is 2.71 bits per heavy atom. The van der Waals surface area contributed by atoms with Crippen LogP contribution in [0, 0.1) is 5.82 Å². The predicted molar refractivity (Wildman–Crippen MR) is 68.6 cm³/mol. The van der Waals surface area contributed by atoms with E-state index in [2.05, 4.69) is 26.1 Å². The molecule has 0 radical (unpaired) electrons. The topological polar surface area (TPSA) is 35.5 Å². The Hall–Kier alpha value is -0.650. The average molecular weight is 303 g/mol. The minimum absolute atomic E-state index is 0.0177. The molecular weight excluding hydrogens is 287 g/mol. The van der Waals surface area contributed by atoms with Crippen LogP contribution >= 0.6 is 15.9 Å². The van der Waals surface area contributed by atoms with Gasteiger partial charge in [-0.1, -0.05) is 0 Å². The Morgan fingerprint density at radius 2 is 2.06 bits per heavy atom. The number of rotatable bonds is 2. The van der Waals surface area contributed by atoms with Crippen molar-refractivity contribution in [3.05, 3.63) is 28.0 Å². The van der Waals surface area contributed by atoms with Gasteiger partial charge in [0.2, 0.25) is 0 Å². The molecule has 0 aliphatic carbocycles. The van der Waals surface area contributed by atoms with E-state index in [1.54, 1.807) is 0 Å². The number of benzene rings is 1. The molecule has 1 saturated heterocycles. The second-order valence-electron chi connectivity index (χ2n) is 4.29. The second kappa shape index (κ2) is 5.33. The van der Waals surface area contributed by atoms with E-state index in [4.69, 9.17) is 0 Å². The van der Waals surface area contributed by atoms with Crippen LogP contribution in [0.1, 0.15) is 18.5 Å². The fourth-order valence-corrected chi connectivity index (χ4v) is 2.62. The number of hydrogen-bond donors (Lipinski definition) is 2. The molecule has 1 fully saturated rings. The highest BCUT2D eigenvalue weighted by atomic mass is 79.9. The normalized spacial score (nSPS) is 19.2. The number of hydrogen-bond acceptors (Lipinski definition) is 3. The summed E-state index contributed by atoms with van der Waals surface area (Å²) >= 11 is 3.17. The lowest BCUT2D eigenvalue weighted by molar-refractivity contribution is 0.182. The van der Waals surface area contributed by atoms with E-state index in [-0.39, 0.29) is 17.6 Å². The molecular formula is C12H16BrFN2O. The van der Waals surface area contributed by atoms with Crippen LogP contribution in [0.3, 0.4) is 0 Å². The van der Waals surface area contributed by atoms with E-state index in [0.29, 0.717) is 10.0 Å². The van der Waals surface area contributed by atoms with E-state index in [0.717, 1.165) is 26.2 Å². The number of nitrogens with one attached hydrogen (secondary N) is 1.